The van der Waals surface area contributed by atoms with Gasteiger partial charge in [0.15, 0.2) is 0 Å². The zero-order valence-electron chi connectivity index (χ0n) is 11.4. The van der Waals surface area contributed by atoms with Crippen molar-refractivity contribution in [3.05, 3.63) is 41.5 Å². The Balaban J connectivity index is 2.04. The highest BCUT2D eigenvalue weighted by atomic mass is 16.5. The largest absolute Gasteiger partial charge is 0.491 e. The van der Waals surface area contributed by atoms with E-state index in [2.05, 4.69) is 10.2 Å². The minimum absolute atomic E-state index is 0.0967. The molecule has 1 aliphatic rings. The van der Waals surface area contributed by atoms with Crippen molar-refractivity contribution >= 4 is 5.97 Å². The molecule has 0 saturated carbocycles. The van der Waals surface area contributed by atoms with E-state index in [-0.39, 0.29) is 11.9 Å². The number of esters is 1. The number of fused-ring (bicyclic) bond motifs is 1. The molecule has 6 nitrogen and oxygen atoms in total. The minimum Gasteiger partial charge on any atom is -0.491 e. The van der Waals surface area contributed by atoms with Crippen molar-refractivity contribution in [2.24, 2.45) is 0 Å². The van der Waals surface area contributed by atoms with Gasteiger partial charge >= 0.3 is 5.97 Å². The fourth-order valence-electron chi connectivity index (χ4n) is 2.44. The molecule has 20 heavy (non-hydrogen) atoms. The molecular formula is C14H15N3O3. The molecule has 0 aliphatic carbocycles. The van der Waals surface area contributed by atoms with E-state index < -0.39 is 5.97 Å². The molecule has 1 aromatic carbocycles. The summed E-state index contributed by atoms with van der Waals surface area (Å²) in [6.07, 6.45) is 0. The van der Waals surface area contributed by atoms with E-state index in [1.807, 2.05) is 31.2 Å². The summed E-state index contributed by atoms with van der Waals surface area (Å²) in [7, 11) is 0. The summed E-state index contributed by atoms with van der Waals surface area (Å²) in [5.41, 5.74) is 1.03. The first-order valence-electron chi connectivity index (χ1n) is 6.52. The lowest BCUT2D eigenvalue weighted by atomic mass is 10.1. The smallest absolute Gasteiger partial charge is 0.376 e. The number of rotatable bonds is 3. The van der Waals surface area contributed by atoms with Gasteiger partial charge in [0, 0.05) is 5.56 Å². The molecule has 1 aliphatic heterocycles. The third-order valence-electron chi connectivity index (χ3n) is 3.31. The number of hydrogen-bond donors (Lipinski definition) is 0. The summed E-state index contributed by atoms with van der Waals surface area (Å²) >= 11 is 0. The molecule has 0 radical (unpaired) electrons. The first-order chi connectivity index (χ1) is 9.72. The molecule has 1 atom stereocenters. The number of carbonyl (C=O) groups excluding carboxylic acids is 1. The lowest BCUT2D eigenvalue weighted by molar-refractivity contribution is 0.0503. The van der Waals surface area contributed by atoms with Crippen molar-refractivity contribution in [1.82, 2.24) is 14.8 Å². The predicted octanol–water partition coefficient (Wildman–Crippen LogP) is 1.75. The third-order valence-corrected chi connectivity index (χ3v) is 3.31. The molecular weight excluding hydrogens is 258 g/mol. The highest BCUT2D eigenvalue weighted by Crippen LogP contribution is 2.35. The average Bonchev–Trinajstić information content (AvgIpc) is 3.02. The number of nitrogens with zero attached hydrogens (tertiary/aromatic N) is 3. The van der Waals surface area contributed by atoms with Gasteiger partial charge in [-0.1, -0.05) is 18.2 Å². The van der Waals surface area contributed by atoms with Crippen LogP contribution in [0.15, 0.2) is 24.3 Å². The lowest BCUT2D eigenvalue weighted by Gasteiger charge is -2.14. The van der Waals surface area contributed by atoms with Gasteiger partial charge in [0.25, 0.3) is 0 Å². The maximum absolute atomic E-state index is 12.0. The van der Waals surface area contributed by atoms with Gasteiger partial charge in [-0.2, -0.15) is 0 Å². The van der Waals surface area contributed by atoms with E-state index in [1.165, 1.54) is 0 Å². The van der Waals surface area contributed by atoms with Gasteiger partial charge in [-0.25, -0.2) is 4.79 Å². The number of para-hydroxylation sites is 1. The second-order valence-corrected chi connectivity index (χ2v) is 4.53. The maximum atomic E-state index is 12.0. The van der Waals surface area contributed by atoms with Crippen LogP contribution < -0.4 is 4.74 Å². The molecule has 0 saturated heterocycles. The maximum Gasteiger partial charge on any atom is 0.376 e. The van der Waals surface area contributed by atoms with Gasteiger partial charge in [0.1, 0.15) is 18.2 Å². The SMILES string of the molecule is CCOC(=O)c1nnc(C)n1C1COc2ccccc21. The number of aryl methyl sites for hydroxylation is 1. The Labute approximate surface area is 116 Å². The van der Waals surface area contributed by atoms with Crippen LogP contribution in [0.1, 0.15) is 35.0 Å². The topological polar surface area (TPSA) is 66.2 Å². The zero-order valence-corrected chi connectivity index (χ0v) is 11.4. The highest BCUT2D eigenvalue weighted by molar-refractivity contribution is 5.85. The van der Waals surface area contributed by atoms with E-state index in [9.17, 15) is 4.79 Å². The van der Waals surface area contributed by atoms with Crippen LogP contribution in [0, 0.1) is 6.92 Å². The normalized spacial score (nSPS) is 16.6. The van der Waals surface area contributed by atoms with Gasteiger partial charge < -0.3 is 9.47 Å². The summed E-state index contributed by atoms with van der Waals surface area (Å²) in [6.45, 7) is 4.35. The second-order valence-electron chi connectivity index (χ2n) is 4.53. The van der Waals surface area contributed by atoms with Crippen LogP contribution in [0.5, 0.6) is 5.75 Å². The fraction of sp³-hybridized carbons (Fsp3) is 0.357. The van der Waals surface area contributed by atoms with E-state index in [4.69, 9.17) is 9.47 Å². The predicted molar refractivity (Wildman–Crippen MR) is 70.8 cm³/mol. The molecule has 2 aromatic rings. The van der Waals surface area contributed by atoms with E-state index in [0.29, 0.717) is 19.0 Å². The van der Waals surface area contributed by atoms with Crippen LogP contribution in [-0.4, -0.2) is 33.9 Å². The number of aromatic nitrogens is 3. The quantitative estimate of drug-likeness (QED) is 0.797. The van der Waals surface area contributed by atoms with E-state index in [0.717, 1.165) is 11.3 Å². The Bertz CT molecular complexity index is 651. The fourth-order valence-corrected chi connectivity index (χ4v) is 2.44. The number of carbonyl (C=O) groups is 1. The Kier molecular flexibility index (Phi) is 3.14. The van der Waals surface area contributed by atoms with E-state index >= 15 is 0 Å². The van der Waals surface area contributed by atoms with Crippen LogP contribution >= 0.6 is 0 Å². The number of hydrogen-bond acceptors (Lipinski definition) is 5. The molecule has 6 heteroatoms. The highest BCUT2D eigenvalue weighted by Gasteiger charge is 2.31. The van der Waals surface area contributed by atoms with Gasteiger partial charge in [0.2, 0.25) is 5.82 Å². The molecule has 1 aromatic heterocycles. The van der Waals surface area contributed by atoms with Crippen LogP contribution in [0.4, 0.5) is 0 Å². The van der Waals surface area contributed by atoms with Crippen molar-refractivity contribution in [2.45, 2.75) is 19.9 Å². The lowest BCUT2D eigenvalue weighted by Crippen LogP contribution is -2.20. The van der Waals surface area contributed by atoms with Gasteiger partial charge in [-0.05, 0) is 19.9 Å². The molecule has 3 rings (SSSR count). The van der Waals surface area contributed by atoms with Crippen molar-refractivity contribution in [1.29, 1.82) is 0 Å². The third kappa shape index (κ3) is 1.93. The summed E-state index contributed by atoms with van der Waals surface area (Å²) in [4.78, 5) is 12.0. The number of ether oxygens (including phenoxy) is 2. The molecule has 0 spiro atoms. The van der Waals surface area contributed by atoms with E-state index in [1.54, 1.807) is 11.5 Å². The molecule has 0 amide bonds. The second kappa shape index (κ2) is 4.96. The van der Waals surface area contributed by atoms with Crippen LogP contribution in [0.2, 0.25) is 0 Å². The van der Waals surface area contributed by atoms with Crippen molar-refractivity contribution < 1.29 is 14.3 Å². The molecule has 0 fully saturated rings. The molecule has 2 heterocycles. The van der Waals surface area contributed by atoms with Crippen LogP contribution in [-0.2, 0) is 4.74 Å². The number of benzene rings is 1. The first kappa shape index (κ1) is 12.7. The van der Waals surface area contributed by atoms with Gasteiger partial charge in [-0.3, -0.25) is 4.57 Å². The zero-order chi connectivity index (χ0) is 14.1. The first-order valence-corrected chi connectivity index (χ1v) is 6.52. The summed E-state index contributed by atoms with van der Waals surface area (Å²) in [5.74, 6) is 1.26. The Hall–Kier alpha value is -2.37. The Morgan fingerprint density at radius 2 is 2.25 bits per heavy atom. The van der Waals surface area contributed by atoms with Crippen LogP contribution in [0.25, 0.3) is 0 Å². The Morgan fingerprint density at radius 1 is 1.45 bits per heavy atom. The van der Waals surface area contributed by atoms with Gasteiger partial charge in [0.05, 0.1) is 12.6 Å². The monoisotopic (exact) mass is 273 g/mol. The molecule has 104 valence electrons. The summed E-state index contributed by atoms with van der Waals surface area (Å²) < 4.78 is 12.5. The van der Waals surface area contributed by atoms with Crippen LogP contribution in [0.3, 0.4) is 0 Å². The van der Waals surface area contributed by atoms with Crippen molar-refractivity contribution in [3.63, 3.8) is 0 Å². The molecule has 0 bridgehead atoms. The standard InChI is InChI=1S/C14H15N3O3/c1-3-19-14(18)13-16-15-9(2)17(13)11-8-20-12-7-5-4-6-10(11)12/h4-7,11H,3,8H2,1-2H3. The summed E-state index contributed by atoms with van der Waals surface area (Å²) in [5, 5.41) is 7.93. The molecule has 1 unspecified atom stereocenters. The summed E-state index contributed by atoms with van der Waals surface area (Å²) in [6, 6.07) is 7.68. The Morgan fingerprint density at radius 3 is 3.05 bits per heavy atom. The minimum atomic E-state index is -0.461. The van der Waals surface area contributed by atoms with Gasteiger partial charge in [-0.15, -0.1) is 10.2 Å². The average molecular weight is 273 g/mol. The van der Waals surface area contributed by atoms with Crippen molar-refractivity contribution in [3.8, 4) is 5.75 Å². The molecule has 0 N–H and O–H groups in total. The van der Waals surface area contributed by atoms with Crippen molar-refractivity contribution in [2.75, 3.05) is 13.2 Å².